The van der Waals surface area contributed by atoms with Crippen molar-refractivity contribution in [1.29, 1.82) is 0 Å². The number of hydrogen-bond donors (Lipinski definition) is 2. The summed E-state index contributed by atoms with van der Waals surface area (Å²) in [6.07, 6.45) is 0.360. The number of ether oxygens (including phenoxy) is 1. The smallest absolute Gasteiger partial charge is 0.255 e. The molecule has 3 aromatic rings. The molecule has 0 saturated heterocycles. The van der Waals surface area contributed by atoms with E-state index in [9.17, 15) is 17.6 Å². The molecule has 1 saturated carbocycles. The fourth-order valence-electron chi connectivity index (χ4n) is 3.66. The SMILES string of the molecule is COc1cc(=O)n(C)c(Nc2ccc(I)cc2F)c1NS(=O)(=O)C1CC1c1ccc(Cl)cc1Cl. The van der Waals surface area contributed by atoms with Crippen molar-refractivity contribution < 1.29 is 17.5 Å². The highest BCUT2D eigenvalue weighted by Crippen LogP contribution is 2.49. The topological polar surface area (TPSA) is 89.4 Å². The molecule has 2 unspecified atom stereocenters. The molecule has 180 valence electrons. The van der Waals surface area contributed by atoms with Crippen molar-refractivity contribution in [2.24, 2.45) is 7.05 Å². The number of sulfonamides is 1. The zero-order valence-corrected chi connectivity index (χ0v) is 22.4. The zero-order chi connectivity index (χ0) is 24.8. The molecule has 2 aromatic carbocycles. The van der Waals surface area contributed by atoms with Gasteiger partial charge in [0.05, 0.1) is 18.0 Å². The second kappa shape index (κ2) is 9.56. The van der Waals surface area contributed by atoms with Gasteiger partial charge in [0.15, 0.2) is 5.75 Å². The summed E-state index contributed by atoms with van der Waals surface area (Å²) in [4.78, 5) is 12.5. The van der Waals surface area contributed by atoms with Gasteiger partial charge in [-0.3, -0.25) is 14.1 Å². The number of nitrogens with one attached hydrogen (secondary N) is 2. The van der Waals surface area contributed by atoms with E-state index >= 15 is 0 Å². The first-order chi connectivity index (χ1) is 16.0. The number of aromatic nitrogens is 1. The van der Waals surface area contributed by atoms with E-state index in [1.54, 1.807) is 24.3 Å². The van der Waals surface area contributed by atoms with Gasteiger partial charge in [0.25, 0.3) is 5.56 Å². The van der Waals surface area contributed by atoms with Crippen LogP contribution in [0.3, 0.4) is 0 Å². The first kappa shape index (κ1) is 25.1. The van der Waals surface area contributed by atoms with Gasteiger partial charge >= 0.3 is 0 Å². The highest BCUT2D eigenvalue weighted by molar-refractivity contribution is 14.1. The van der Waals surface area contributed by atoms with Crippen molar-refractivity contribution in [2.75, 3.05) is 17.1 Å². The van der Waals surface area contributed by atoms with E-state index in [0.29, 0.717) is 25.6 Å². The average molecular weight is 638 g/mol. The van der Waals surface area contributed by atoms with Crippen LogP contribution in [0.25, 0.3) is 0 Å². The maximum atomic E-state index is 14.5. The number of anilines is 3. The van der Waals surface area contributed by atoms with E-state index in [4.69, 9.17) is 27.9 Å². The summed E-state index contributed by atoms with van der Waals surface area (Å²) in [6.45, 7) is 0. The molecule has 1 aromatic heterocycles. The summed E-state index contributed by atoms with van der Waals surface area (Å²) in [5.41, 5.74) is 0.287. The molecule has 0 radical (unpaired) electrons. The molecule has 0 amide bonds. The van der Waals surface area contributed by atoms with Crippen LogP contribution >= 0.6 is 45.8 Å². The van der Waals surface area contributed by atoms with Crippen LogP contribution in [0.4, 0.5) is 21.6 Å². The normalized spacial score (nSPS) is 17.4. The Bertz CT molecular complexity index is 1450. The van der Waals surface area contributed by atoms with Crippen LogP contribution in [-0.2, 0) is 17.1 Å². The number of rotatable bonds is 7. The molecule has 0 spiro atoms. The lowest BCUT2D eigenvalue weighted by atomic mass is 10.1. The molecule has 0 bridgehead atoms. The molecule has 2 atom stereocenters. The minimum Gasteiger partial charge on any atom is -0.494 e. The van der Waals surface area contributed by atoms with Crippen molar-refractivity contribution >= 4 is 73.0 Å². The van der Waals surface area contributed by atoms with Gasteiger partial charge in [-0.05, 0) is 64.9 Å². The Morgan fingerprint density at radius 2 is 1.91 bits per heavy atom. The van der Waals surface area contributed by atoms with Crippen LogP contribution in [0, 0.1) is 9.39 Å². The van der Waals surface area contributed by atoms with Gasteiger partial charge in [-0.1, -0.05) is 29.3 Å². The number of methoxy groups -OCH3 is 1. The maximum absolute atomic E-state index is 14.5. The lowest BCUT2D eigenvalue weighted by Crippen LogP contribution is -2.25. The van der Waals surface area contributed by atoms with E-state index < -0.39 is 26.6 Å². The number of benzene rings is 2. The van der Waals surface area contributed by atoms with Crippen LogP contribution in [0.15, 0.2) is 47.3 Å². The van der Waals surface area contributed by atoms with Gasteiger partial charge in [0.2, 0.25) is 10.0 Å². The molecule has 1 fully saturated rings. The summed E-state index contributed by atoms with van der Waals surface area (Å²) in [5.74, 6) is -0.835. The lowest BCUT2D eigenvalue weighted by Gasteiger charge is -2.20. The first-order valence-corrected chi connectivity index (χ1v) is 13.4. The molecule has 1 heterocycles. The van der Waals surface area contributed by atoms with Crippen LogP contribution in [0.1, 0.15) is 17.9 Å². The second-order valence-electron chi connectivity index (χ2n) is 7.78. The van der Waals surface area contributed by atoms with Crippen molar-refractivity contribution in [3.05, 3.63) is 77.8 Å². The van der Waals surface area contributed by atoms with Gasteiger partial charge in [-0.15, -0.1) is 0 Å². The fourth-order valence-corrected chi connectivity index (χ4v) is 6.34. The Labute approximate surface area is 219 Å². The summed E-state index contributed by atoms with van der Waals surface area (Å²) in [6, 6.07) is 10.6. The molecule has 1 aliphatic rings. The number of nitrogens with zero attached hydrogens (tertiary/aromatic N) is 1. The number of pyridine rings is 1. The predicted octanol–water partition coefficient (Wildman–Crippen LogP) is 5.49. The summed E-state index contributed by atoms with van der Waals surface area (Å²) in [5, 5.41) is 2.93. The van der Waals surface area contributed by atoms with Crippen molar-refractivity contribution in [2.45, 2.75) is 17.6 Å². The molecule has 0 aliphatic heterocycles. The van der Waals surface area contributed by atoms with E-state index in [1.165, 1.54) is 30.9 Å². The van der Waals surface area contributed by atoms with Gasteiger partial charge in [0, 0.05) is 32.6 Å². The largest absolute Gasteiger partial charge is 0.494 e. The number of hydrogen-bond acceptors (Lipinski definition) is 5. The highest BCUT2D eigenvalue weighted by atomic mass is 127. The van der Waals surface area contributed by atoms with Gasteiger partial charge in [-0.2, -0.15) is 0 Å². The third-order valence-electron chi connectivity index (χ3n) is 5.54. The second-order valence-corrected chi connectivity index (χ2v) is 11.8. The Kier molecular flexibility index (Phi) is 7.05. The molecule has 2 N–H and O–H groups in total. The molecule has 34 heavy (non-hydrogen) atoms. The molecule has 7 nitrogen and oxygen atoms in total. The predicted molar refractivity (Wildman–Crippen MR) is 141 cm³/mol. The van der Waals surface area contributed by atoms with Crippen molar-refractivity contribution in [3.8, 4) is 5.75 Å². The summed E-state index contributed by atoms with van der Waals surface area (Å²) in [7, 11) is -1.17. The van der Waals surface area contributed by atoms with E-state index in [2.05, 4.69) is 10.0 Å². The molecular formula is C22H19Cl2FIN3O4S. The molecule has 12 heteroatoms. The van der Waals surface area contributed by atoms with Crippen LogP contribution in [0.5, 0.6) is 5.75 Å². The maximum Gasteiger partial charge on any atom is 0.255 e. The van der Waals surface area contributed by atoms with Crippen LogP contribution < -0.4 is 20.3 Å². The standard InChI is InChI=1S/C22H19Cl2FIN3O4S/c1-29-20(30)10-18(33-2)21(22(29)27-17-6-4-12(26)8-16(17)25)28-34(31,32)19-9-14(19)13-5-3-11(23)7-15(13)24/h3-8,10,14,19,27-28H,9H2,1-2H3. The first-order valence-electron chi connectivity index (χ1n) is 9.98. The quantitative estimate of drug-likeness (QED) is 0.335. The molecule has 4 rings (SSSR count). The van der Waals surface area contributed by atoms with Crippen LogP contribution in [0.2, 0.25) is 10.0 Å². The average Bonchev–Trinajstić information content (AvgIpc) is 3.56. The van der Waals surface area contributed by atoms with Gasteiger partial charge in [-0.25, -0.2) is 12.8 Å². The fraction of sp³-hybridized carbons (Fsp3) is 0.227. The Hall–Kier alpha value is -2.02. The Morgan fingerprint density at radius 3 is 2.56 bits per heavy atom. The molecular weight excluding hydrogens is 619 g/mol. The van der Waals surface area contributed by atoms with E-state index in [0.717, 1.165) is 6.07 Å². The lowest BCUT2D eigenvalue weighted by molar-refractivity contribution is 0.415. The number of halogens is 4. The van der Waals surface area contributed by atoms with Gasteiger partial charge in [0.1, 0.15) is 17.3 Å². The van der Waals surface area contributed by atoms with E-state index in [1.807, 2.05) is 22.6 Å². The highest BCUT2D eigenvalue weighted by Gasteiger charge is 2.49. The third-order valence-corrected chi connectivity index (χ3v) is 8.58. The monoisotopic (exact) mass is 637 g/mol. The van der Waals surface area contributed by atoms with Crippen molar-refractivity contribution in [1.82, 2.24) is 4.57 Å². The van der Waals surface area contributed by atoms with Crippen LogP contribution in [-0.4, -0.2) is 25.3 Å². The summed E-state index contributed by atoms with van der Waals surface area (Å²) >= 11 is 14.2. The molecule has 1 aliphatic carbocycles. The zero-order valence-electron chi connectivity index (χ0n) is 17.9. The van der Waals surface area contributed by atoms with Crippen molar-refractivity contribution in [3.63, 3.8) is 0 Å². The Morgan fingerprint density at radius 1 is 1.18 bits per heavy atom. The van der Waals surface area contributed by atoms with Gasteiger partial charge < -0.3 is 10.1 Å². The minimum absolute atomic E-state index is 0.00169. The van der Waals surface area contributed by atoms with E-state index in [-0.39, 0.29) is 28.9 Å². The Balaban J connectivity index is 1.71. The summed E-state index contributed by atoms with van der Waals surface area (Å²) < 4.78 is 50.8. The third kappa shape index (κ3) is 5.00. The minimum atomic E-state index is -3.93.